The molecule has 0 atom stereocenters. The lowest BCUT2D eigenvalue weighted by molar-refractivity contribution is 0.348. The van der Waals surface area contributed by atoms with Crippen molar-refractivity contribution in [3.63, 3.8) is 0 Å². The summed E-state index contributed by atoms with van der Waals surface area (Å²) in [5.41, 5.74) is 4.75. The molecular formula is C20H27N5O3S. The normalized spacial score (nSPS) is 10.6. The van der Waals surface area contributed by atoms with Crippen molar-refractivity contribution in [2.75, 3.05) is 20.8 Å². The molecule has 1 heterocycles. The van der Waals surface area contributed by atoms with Crippen molar-refractivity contribution in [3.8, 4) is 23.5 Å². The molecule has 156 valence electrons. The van der Waals surface area contributed by atoms with E-state index in [-0.39, 0.29) is 6.01 Å². The summed E-state index contributed by atoms with van der Waals surface area (Å²) >= 11 is 5.15. The average Bonchev–Trinajstić information content (AvgIpc) is 2.73. The number of methoxy groups -OCH3 is 2. The lowest BCUT2D eigenvalue weighted by Gasteiger charge is -2.13. The molecule has 0 fully saturated rings. The topological polar surface area (TPSA) is 89.9 Å². The highest BCUT2D eigenvalue weighted by atomic mass is 32.1. The number of nitrogens with one attached hydrogen (secondary N) is 2. The molecule has 0 aliphatic rings. The van der Waals surface area contributed by atoms with Crippen LogP contribution in [0.3, 0.4) is 0 Å². The first-order chi connectivity index (χ1) is 14.1. The molecule has 1 aromatic carbocycles. The maximum Gasteiger partial charge on any atom is 0.328 e. The summed E-state index contributed by atoms with van der Waals surface area (Å²) in [6.45, 7) is 4.84. The Labute approximate surface area is 176 Å². The number of ether oxygens (including phenoxy) is 3. The number of hydrogen-bond donors (Lipinski definition) is 2. The molecular weight excluding hydrogens is 390 g/mol. The van der Waals surface area contributed by atoms with Crippen LogP contribution >= 0.6 is 12.2 Å². The van der Waals surface area contributed by atoms with Gasteiger partial charge in [-0.15, -0.1) is 0 Å². The molecule has 0 aliphatic heterocycles. The van der Waals surface area contributed by atoms with Gasteiger partial charge in [0.1, 0.15) is 5.75 Å². The lowest BCUT2D eigenvalue weighted by atomic mass is 10.0. The molecule has 9 heteroatoms. The van der Waals surface area contributed by atoms with Crippen LogP contribution in [0.4, 0.5) is 0 Å². The third-order valence-corrected chi connectivity index (χ3v) is 4.17. The Morgan fingerprint density at radius 1 is 1.17 bits per heavy atom. The van der Waals surface area contributed by atoms with E-state index in [2.05, 4.69) is 38.8 Å². The van der Waals surface area contributed by atoms with Gasteiger partial charge in [-0.1, -0.05) is 25.5 Å². The summed E-state index contributed by atoms with van der Waals surface area (Å²) in [4.78, 5) is 8.47. The fourth-order valence-electron chi connectivity index (χ4n) is 2.50. The fraction of sp³-hybridized carbons (Fsp3) is 0.400. The molecule has 2 N–H and O–H groups in total. The molecule has 0 aliphatic carbocycles. The second kappa shape index (κ2) is 11.8. The summed E-state index contributed by atoms with van der Waals surface area (Å²) in [6.07, 6.45) is 4.73. The zero-order valence-corrected chi connectivity index (χ0v) is 18.0. The molecule has 0 radical (unpaired) electrons. The van der Waals surface area contributed by atoms with Gasteiger partial charge in [0, 0.05) is 12.1 Å². The highest BCUT2D eigenvalue weighted by Crippen LogP contribution is 2.28. The van der Waals surface area contributed by atoms with E-state index in [1.54, 1.807) is 12.3 Å². The summed E-state index contributed by atoms with van der Waals surface area (Å²) < 4.78 is 16.3. The third kappa shape index (κ3) is 6.86. The number of thiocarbonyl (C=S) groups is 1. The van der Waals surface area contributed by atoms with Crippen LogP contribution in [0.2, 0.25) is 0 Å². The predicted molar refractivity (Wildman–Crippen MR) is 117 cm³/mol. The predicted octanol–water partition coefficient (Wildman–Crippen LogP) is 3.45. The van der Waals surface area contributed by atoms with Crippen molar-refractivity contribution >= 4 is 23.5 Å². The Morgan fingerprint density at radius 3 is 2.52 bits per heavy atom. The number of aromatic nitrogens is 2. The van der Waals surface area contributed by atoms with E-state index in [9.17, 15) is 0 Å². The Kier molecular flexibility index (Phi) is 9.10. The molecule has 0 saturated carbocycles. The van der Waals surface area contributed by atoms with Gasteiger partial charge in [-0.05, 0) is 43.6 Å². The van der Waals surface area contributed by atoms with Crippen LogP contribution in [-0.2, 0) is 6.42 Å². The first kappa shape index (κ1) is 22.4. The number of rotatable bonds is 10. The molecule has 2 rings (SSSR count). The van der Waals surface area contributed by atoms with Gasteiger partial charge >= 0.3 is 6.01 Å². The monoisotopic (exact) mass is 417 g/mol. The molecule has 29 heavy (non-hydrogen) atoms. The maximum atomic E-state index is 5.97. The quantitative estimate of drug-likeness (QED) is 0.345. The Balaban J connectivity index is 2.35. The fourth-order valence-corrected chi connectivity index (χ4v) is 2.70. The minimum absolute atomic E-state index is 0.125. The van der Waals surface area contributed by atoms with Gasteiger partial charge in [0.15, 0.2) is 5.11 Å². The van der Waals surface area contributed by atoms with Crippen LogP contribution in [0.15, 0.2) is 29.4 Å². The summed E-state index contributed by atoms with van der Waals surface area (Å²) in [6, 6.07) is 7.54. The largest absolute Gasteiger partial charge is 0.481 e. The maximum absolute atomic E-state index is 5.97. The van der Waals surface area contributed by atoms with E-state index < -0.39 is 0 Å². The molecule has 0 unspecified atom stereocenters. The van der Waals surface area contributed by atoms with E-state index in [0.29, 0.717) is 22.6 Å². The first-order valence-corrected chi connectivity index (χ1v) is 9.85. The van der Waals surface area contributed by atoms with Crippen LogP contribution in [0.1, 0.15) is 37.8 Å². The van der Waals surface area contributed by atoms with Gasteiger partial charge in [0.05, 0.1) is 26.5 Å². The van der Waals surface area contributed by atoms with Crippen molar-refractivity contribution in [2.24, 2.45) is 5.10 Å². The van der Waals surface area contributed by atoms with Crippen molar-refractivity contribution in [1.82, 2.24) is 20.7 Å². The Bertz CT molecular complexity index is 823. The number of nitrogens with zero attached hydrogens (tertiary/aromatic N) is 3. The van der Waals surface area contributed by atoms with Crippen molar-refractivity contribution in [1.29, 1.82) is 0 Å². The standard InChI is InChI=1S/C20H27N5O3S/c1-5-7-9-14-10-8-11-16(15(14)13-22-25-20(29)21-6-2)28-19-23-17(26-3)12-18(24-19)27-4/h8,10-13H,5-7,9H2,1-4H3,(H2,21,25,29). The first-order valence-electron chi connectivity index (χ1n) is 9.44. The molecule has 2 aromatic rings. The number of benzene rings is 1. The van der Waals surface area contributed by atoms with E-state index in [4.69, 9.17) is 26.4 Å². The smallest absolute Gasteiger partial charge is 0.328 e. The number of hydrogen-bond acceptors (Lipinski definition) is 7. The average molecular weight is 418 g/mol. The second-order valence-electron chi connectivity index (χ2n) is 6.00. The molecule has 8 nitrogen and oxygen atoms in total. The number of aryl methyl sites for hydroxylation is 1. The van der Waals surface area contributed by atoms with Gasteiger partial charge in [-0.2, -0.15) is 15.1 Å². The molecule has 1 aromatic heterocycles. The van der Waals surface area contributed by atoms with Gasteiger partial charge in [0.25, 0.3) is 0 Å². The van der Waals surface area contributed by atoms with Crippen LogP contribution in [0.25, 0.3) is 0 Å². The minimum atomic E-state index is 0.125. The van der Waals surface area contributed by atoms with Crippen molar-refractivity contribution in [3.05, 3.63) is 35.4 Å². The van der Waals surface area contributed by atoms with Crippen LogP contribution < -0.4 is 25.0 Å². The van der Waals surface area contributed by atoms with E-state index in [0.717, 1.165) is 36.9 Å². The zero-order valence-electron chi connectivity index (χ0n) is 17.2. The highest BCUT2D eigenvalue weighted by molar-refractivity contribution is 7.80. The van der Waals surface area contributed by atoms with Gasteiger partial charge in [-0.25, -0.2) is 0 Å². The van der Waals surface area contributed by atoms with Crippen LogP contribution in [0, 0.1) is 0 Å². The van der Waals surface area contributed by atoms with E-state index in [1.807, 2.05) is 19.1 Å². The highest BCUT2D eigenvalue weighted by Gasteiger charge is 2.13. The minimum Gasteiger partial charge on any atom is -0.481 e. The van der Waals surface area contributed by atoms with Gasteiger partial charge < -0.3 is 19.5 Å². The van der Waals surface area contributed by atoms with Gasteiger partial charge in [0.2, 0.25) is 11.8 Å². The second-order valence-corrected chi connectivity index (χ2v) is 6.41. The summed E-state index contributed by atoms with van der Waals surface area (Å²) in [5.74, 6) is 1.28. The Hall–Kier alpha value is -2.94. The van der Waals surface area contributed by atoms with E-state index in [1.165, 1.54) is 14.2 Å². The van der Waals surface area contributed by atoms with Crippen LogP contribution in [0.5, 0.6) is 23.5 Å². The zero-order chi connectivity index (χ0) is 21.1. The summed E-state index contributed by atoms with van der Waals surface area (Å²) in [7, 11) is 3.04. The number of unbranched alkanes of at least 4 members (excludes halogenated alkanes) is 1. The molecule has 0 saturated heterocycles. The Morgan fingerprint density at radius 2 is 1.90 bits per heavy atom. The number of hydrazone groups is 1. The summed E-state index contributed by atoms with van der Waals surface area (Å²) in [5, 5.41) is 7.69. The lowest BCUT2D eigenvalue weighted by Crippen LogP contribution is -2.31. The van der Waals surface area contributed by atoms with Gasteiger partial charge in [-0.3, -0.25) is 5.43 Å². The third-order valence-electron chi connectivity index (χ3n) is 3.93. The molecule has 0 spiro atoms. The van der Waals surface area contributed by atoms with Crippen molar-refractivity contribution < 1.29 is 14.2 Å². The van der Waals surface area contributed by atoms with Crippen LogP contribution in [-0.4, -0.2) is 42.1 Å². The molecule has 0 amide bonds. The SMILES string of the molecule is CCCCc1cccc(Oc2nc(OC)cc(OC)n2)c1C=NNC(=S)NCC. The van der Waals surface area contributed by atoms with Crippen molar-refractivity contribution in [2.45, 2.75) is 33.1 Å². The molecule has 0 bridgehead atoms. The van der Waals surface area contributed by atoms with E-state index >= 15 is 0 Å².